The first-order valence-corrected chi connectivity index (χ1v) is 9.89. The van der Waals surface area contributed by atoms with Crippen LogP contribution in [0.2, 0.25) is 0 Å². The fourth-order valence-corrected chi connectivity index (χ4v) is 3.57. The molecule has 0 amide bonds. The minimum Gasteiger partial charge on any atom is -0.490 e. The van der Waals surface area contributed by atoms with E-state index < -0.39 is 0 Å². The molecule has 1 aliphatic rings. The summed E-state index contributed by atoms with van der Waals surface area (Å²) < 4.78 is 23.2. The third-order valence-corrected chi connectivity index (χ3v) is 4.75. The van der Waals surface area contributed by atoms with Gasteiger partial charge >= 0.3 is 0 Å². The minimum atomic E-state index is -0.221. The van der Waals surface area contributed by atoms with Crippen molar-refractivity contribution in [3.8, 4) is 23.0 Å². The van der Waals surface area contributed by atoms with Crippen molar-refractivity contribution in [1.29, 1.82) is 0 Å². The van der Waals surface area contributed by atoms with Crippen LogP contribution in [0.4, 0.5) is 0 Å². The number of nitrogens with zero attached hydrogens (tertiary/aromatic N) is 1. The molecule has 2 aromatic carbocycles. The average Bonchev–Trinajstić information content (AvgIpc) is 2.71. The highest BCUT2D eigenvalue weighted by Gasteiger charge is 2.23. The van der Waals surface area contributed by atoms with Gasteiger partial charge < -0.3 is 18.6 Å². The summed E-state index contributed by atoms with van der Waals surface area (Å²) >= 11 is 0. The second-order valence-corrected chi connectivity index (χ2v) is 7.51. The fourth-order valence-electron chi connectivity index (χ4n) is 3.57. The molecule has 1 aromatic heterocycles. The van der Waals surface area contributed by atoms with Crippen LogP contribution in [0.1, 0.15) is 26.3 Å². The molecule has 0 saturated carbocycles. The largest absolute Gasteiger partial charge is 0.490 e. The number of para-hydroxylation sites is 2. The van der Waals surface area contributed by atoms with E-state index in [4.69, 9.17) is 18.6 Å². The summed E-state index contributed by atoms with van der Waals surface area (Å²) in [5.74, 6) is 2.46. The van der Waals surface area contributed by atoms with Crippen LogP contribution in [-0.4, -0.2) is 24.8 Å². The van der Waals surface area contributed by atoms with E-state index in [9.17, 15) is 4.79 Å². The molecule has 2 heterocycles. The Bertz CT molecular complexity index is 1070. The highest BCUT2D eigenvalue weighted by Crippen LogP contribution is 2.34. The molecule has 4 rings (SSSR count). The topological polar surface area (TPSA) is 61.1 Å². The van der Waals surface area contributed by atoms with Gasteiger partial charge in [-0.25, -0.2) is 0 Å². The van der Waals surface area contributed by atoms with Gasteiger partial charge in [0.15, 0.2) is 11.5 Å². The summed E-state index contributed by atoms with van der Waals surface area (Å²) in [6.07, 6.45) is 1.37. The van der Waals surface area contributed by atoms with Crippen LogP contribution in [0.3, 0.4) is 0 Å². The first kappa shape index (κ1) is 19.3. The lowest BCUT2D eigenvalue weighted by atomic mass is 10.1. The molecule has 0 fully saturated rings. The van der Waals surface area contributed by atoms with E-state index in [0.29, 0.717) is 48.3 Å². The Kier molecular flexibility index (Phi) is 5.45. The van der Waals surface area contributed by atoms with Gasteiger partial charge in [0.05, 0.1) is 17.6 Å². The Labute approximate surface area is 169 Å². The van der Waals surface area contributed by atoms with Crippen LogP contribution in [-0.2, 0) is 6.54 Å². The van der Waals surface area contributed by atoms with Crippen LogP contribution in [0.5, 0.6) is 23.0 Å². The van der Waals surface area contributed by atoms with Gasteiger partial charge in [0.25, 0.3) is 0 Å². The summed E-state index contributed by atoms with van der Waals surface area (Å²) in [5.41, 5.74) is 1.22. The maximum absolute atomic E-state index is 13.1. The molecular weight excluding hydrogens is 370 g/mol. The van der Waals surface area contributed by atoms with E-state index in [1.807, 2.05) is 25.1 Å². The van der Waals surface area contributed by atoms with Crippen molar-refractivity contribution >= 4 is 11.0 Å². The van der Waals surface area contributed by atoms with Crippen LogP contribution in [0.25, 0.3) is 11.0 Å². The highest BCUT2D eigenvalue weighted by molar-refractivity contribution is 5.83. The zero-order chi connectivity index (χ0) is 20.4. The first-order chi connectivity index (χ1) is 14.1. The van der Waals surface area contributed by atoms with Crippen LogP contribution < -0.4 is 19.6 Å². The molecule has 0 unspecified atom stereocenters. The van der Waals surface area contributed by atoms with Gasteiger partial charge in [-0.05, 0) is 37.1 Å². The molecule has 0 aliphatic carbocycles. The molecule has 6 nitrogen and oxygen atoms in total. The maximum atomic E-state index is 13.1. The Hall–Kier alpha value is -2.99. The summed E-state index contributed by atoms with van der Waals surface area (Å²) in [6, 6.07) is 10.8. The lowest BCUT2D eigenvalue weighted by molar-refractivity contribution is 0.0848. The molecule has 0 N–H and O–H groups in total. The molecule has 3 aromatic rings. The number of hydrogen-bond donors (Lipinski definition) is 0. The zero-order valence-corrected chi connectivity index (χ0v) is 16.9. The van der Waals surface area contributed by atoms with E-state index in [0.717, 1.165) is 17.9 Å². The van der Waals surface area contributed by atoms with E-state index in [1.165, 1.54) is 6.26 Å². The highest BCUT2D eigenvalue weighted by atomic mass is 16.5. The van der Waals surface area contributed by atoms with Gasteiger partial charge in [0, 0.05) is 13.1 Å². The first-order valence-electron chi connectivity index (χ1n) is 9.89. The molecule has 29 heavy (non-hydrogen) atoms. The summed E-state index contributed by atoms with van der Waals surface area (Å²) in [5, 5.41) is 0.477. The monoisotopic (exact) mass is 395 g/mol. The Morgan fingerprint density at radius 2 is 1.90 bits per heavy atom. The molecule has 152 valence electrons. The standard InChI is InChI=1S/C23H25NO5/c1-4-26-19-7-5-6-8-20(19)29-21-13-27-23-16(22(21)25)9-10-18-17(23)12-24(14-28-18)11-15(2)3/h5-10,13,15H,4,11-12,14H2,1-3H3. The molecule has 0 saturated heterocycles. The number of ether oxygens (including phenoxy) is 3. The van der Waals surface area contributed by atoms with Gasteiger partial charge in [-0.2, -0.15) is 0 Å². The molecular formula is C23H25NO5. The van der Waals surface area contributed by atoms with Gasteiger partial charge in [-0.3, -0.25) is 9.69 Å². The second-order valence-electron chi connectivity index (χ2n) is 7.51. The van der Waals surface area contributed by atoms with Crippen molar-refractivity contribution in [3.63, 3.8) is 0 Å². The Balaban J connectivity index is 1.70. The quantitative estimate of drug-likeness (QED) is 0.598. The minimum absolute atomic E-state index is 0.125. The second kappa shape index (κ2) is 8.17. The van der Waals surface area contributed by atoms with Crippen molar-refractivity contribution < 1.29 is 18.6 Å². The molecule has 1 aliphatic heterocycles. The molecule has 0 bridgehead atoms. The predicted molar refractivity (Wildman–Crippen MR) is 111 cm³/mol. The van der Waals surface area contributed by atoms with Crippen molar-refractivity contribution in [2.45, 2.75) is 27.3 Å². The molecule has 0 atom stereocenters. The van der Waals surface area contributed by atoms with E-state index >= 15 is 0 Å². The van der Waals surface area contributed by atoms with Gasteiger partial charge in [-0.15, -0.1) is 0 Å². The van der Waals surface area contributed by atoms with Crippen molar-refractivity contribution in [2.24, 2.45) is 5.92 Å². The summed E-state index contributed by atoms with van der Waals surface area (Å²) in [6.45, 7) is 8.87. The molecule has 6 heteroatoms. The van der Waals surface area contributed by atoms with Gasteiger partial charge in [-0.1, -0.05) is 26.0 Å². The third-order valence-electron chi connectivity index (χ3n) is 4.75. The fraction of sp³-hybridized carbons (Fsp3) is 0.348. The van der Waals surface area contributed by atoms with E-state index in [-0.39, 0.29) is 11.2 Å². The number of fused-ring (bicyclic) bond motifs is 3. The van der Waals surface area contributed by atoms with E-state index in [1.54, 1.807) is 18.2 Å². The van der Waals surface area contributed by atoms with Crippen molar-refractivity contribution in [1.82, 2.24) is 4.90 Å². The summed E-state index contributed by atoms with van der Waals surface area (Å²) in [7, 11) is 0. The molecule has 0 spiro atoms. The number of rotatable bonds is 6. The SMILES string of the molecule is CCOc1ccccc1Oc1coc2c3c(ccc2c1=O)OCN(CC(C)C)C3. The average molecular weight is 395 g/mol. The summed E-state index contributed by atoms with van der Waals surface area (Å²) in [4.78, 5) is 15.3. The Morgan fingerprint density at radius 1 is 1.10 bits per heavy atom. The number of hydrogen-bond acceptors (Lipinski definition) is 6. The number of benzene rings is 2. The van der Waals surface area contributed by atoms with Crippen LogP contribution >= 0.6 is 0 Å². The van der Waals surface area contributed by atoms with E-state index in [2.05, 4.69) is 18.7 Å². The lowest BCUT2D eigenvalue weighted by Crippen LogP contribution is -2.34. The normalized spacial score (nSPS) is 13.9. The van der Waals surface area contributed by atoms with Crippen LogP contribution in [0, 0.1) is 5.92 Å². The predicted octanol–water partition coefficient (Wildman–Crippen LogP) is 4.79. The maximum Gasteiger partial charge on any atom is 0.235 e. The van der Waals surface area contributed by atoms with Gasteiger partial charge in [0.1, 0.15) is 24.3 Å². The Morgan fingerprint density at radius 3 is 2.66 bits per heavy atom. The zero-order valence-electron chi connectivity index (χ0n) is 16.9. The third kappa shape index (κ3) is 3.93. The van der Waals surface area contributed by atoms with Crippen molar-refractivity contribution in [3.05, 3.63) is 58.4 Å². The molecule has 0 radical (unpaired) electrons. The van der Waals surface area contributed by atoms with Crippen molar-refractivity contribution in [2.75, 3.05) is 19.9 Å². The lowest BCUT2D eigenvalue weighted by Gasteiger charge is -2.30. The van der Waals surface area contributed by atoms with Crippen LogP contribution in [0.15, 0.2) is 51.9 Å². The van der Waals surface area contributed by atoms with Gasteiger partial charge in [0.2, 0.25) is 11.2 Å². The smallest absolute Gasteiger partial charge is 0.235 e.